The average Bonchev–Trinajstić information content (AvgIpc) is 1.65. The van der Waals surface area contributed by atoms with E-state index in [2.05, 4.69) is 0 Å². The van der Waals surface area contributed by atoms with Crippen molar-refractivity contribution in [3.63, 3.8) is 0 Å². The van der Waals surface area contributed by atoms with Crippen molar-refractivity contribution in [2.24, 2.45) is 0 Å². The molecule has 0 fully saturated rings. The minimum absolute atomic E-state index is 0.868. The van der Waals surface area contributed by atoms with Crippen LogP contribution in [-0.4, -0.2) is 13.8 Å². The Kier molecular flexibility index (Phi) is 3.47. The Morgan fingerprint density at radius 2 is 1.67 bits per heavy atom. The van der Waals surface area contributed by atoms with E-state index in [0.29, 0.717) is 0 Å². The summed E-state index contributed by atoms with van der Waals surface area (Å²) in [5.74, 6) is 0. The zero-order valence-electron chi connectivity index (χ0n) is 4.36. The second kappa shape index (κ2) is 3.37. The van der Waals surface area contributed by atoms with Crippen LogP contribution in [0.5, 0.6) is 0 Å². The van der Waals surface area contributed by atoms with Gasteiger partial charge in [0, 0.05) is 0 Å². The van der Waals surface area contributed by atoms with E-state index in [1.807, 2.05) is 13.8 Å². The van der Waals surface area contributed by atoms with Gasteiger partial charge in [-0.3, -0.25) is 0 Å². The highest BCUT2D eigenvalue weighted by atomic mass is 28.3. The van der Waals surface area contributed by atoms with Crippen LogP contribution >= 0.6 is 0 Å². The Bertz CT molecular complexity index is 26.7. The molecule has 6 heavy (non-hydrogen) atoms. The summed E-state index contributed by atoms with van der Waals surface area (Å²) in [6.45, 7) is 4.05. The maximum absolute atomic E-state index is 8.77. The van der Waals surface area contributed by atoms with Crippen LogP contribution in [0.3, 0.4) is 0 Å². The smallest absolute Gasteiger partial charge is 0.206 e. The van der Waals surface area contributed by atoms with Crippen molar-refractivity contribution in [1.29, 1.82) is 0 Å². The quantitative estimate of drug-likeness (QED) is 0.517. The number of hydrogen-bond acceptors (Lipinski definition) is 1. The van der Waals surface area contributed by atoms with Crippen LogP contribution in [0.25, 0.3) is 0 Å². The summed E-state index contributed by atoms with van der Waals surface area (Å²) in [5, 5.41) is 0. The summed E-state index contributed by atoms with van der Waals surface area (Å²) in [6, 6.07) is 1.97. The van der Waals surface area contributed by atoms with E-state index in [4.69, 9.17) is 4.80 Å². The molecule has 0 aliphatic rings. The first kappa shape index (κ1) is 6.18. The monoisotopic (exact) mass is 103 g/mol. The zero-order chi connectivity index (χ0) is 4.99. The molecule has 0 saturated heterocycles. The minimum Gasteiger partial charge on any atom is -0.431 e. The van der Waals surface area contributed by atoms with E-state index in [1.165, 1.54) is 0 Å². The molecule has 0 atom stereocenters. The van der Waals surface area contributed by atoms with E-state index in [0.717, 1.165) is 12.1 Å². The molecule has 0 heterocycles. The molecule has 37 valence electrons. The summed E-state index contributed by atoms with van der Waals surface area (Å²) in [4.78, 5) is 8.77. The van der Waals surface area contributed by atoms with Crippen LogP contribution in [0.2, 0.25) is 12.1 Å². The van der Waals surface area contributed by atoms with Crippen molar-refractivity contribution in [1.82, 2.24) is 0 Å². The lowest BCUT2D eigenvalue weighted by molar-refractivity contribution is 0.570. The van der Waals surface area contributed by atoms with Crippen LogP contribution < -0.4 is 0 Å². The van der Waals surface area contributed by atoms with E-state index in [1.54, 1.807) is 0 Å². The van der Waals surface area contributed by atoms with Crippen LogP contribution in [-0.2, 0) is 0 Å². The van der Waals surface area contributed by atoms with Gasteiger partial charge in [0.05, 0.1) is 0 Å². The fourth-order valence-corrected chi connectivity index (χ4v) is 0.750. The lowest BCUT2D eigenvalue weighted by Crippen LogP contribution is -2.05. The van der Waals surface area contributed by atoms with Gasteiger partial charge in [-0.25, -0.2) is 0 Å². The number of hydrogen-bond donors (Lipinski definition) is 1. The molecule has 1 nitrogen and oxygen atoms in total. The van der Waals surface area contributed by atoms with Gasteiger partial charge in [0.1, 0.15) is 0 Å². The normalized spacial score (nSPS) is 10.0. The van der Waals surface area contributed by atoms with E-state index in [9.17, 15) is 0 Å². The van der Waals surface area contributed by atoms with Crippen molar-refractivity contribution in [2.75, 3.05) is 0 Å². The van der Waals surface area contributed by atoms with Crippen molar-refractivity contribution in [3.8, 4) is 0 Å². The van der Waals surface area contributed by atoms with Gasteiger partial charge in [0.2, 0.25) is 9.04 Å². The SMILES string of the molecule is CC[Si](O)CC. The second-order valence-corrected chi connectivity index (χ2v) is 3.82. The predicted molar refractivity (Wildman–Crippen MR) is 28.9 cm³/mol. The van der Waals surface area contributed by atoms with Gasteiger partial charge in [0.15, 0.2) is 0 Å². The molecule has 1 N–H and O–H groups in total. The Hall–Kier alpha value is 0.177. The maximum Gasteiger partial charge on any atom is 0.206 e. The summed E-state index contributed by atoms with van der Waals surface area (Å²) < 4.78 is 0. The van der Waals surface area contributed by atoms with Crippen LogP contribution in [0, 0.1) is 0 Å². The minimum atomic E-state index is -0.868. The van der Waals surface area contributed by atoms with E-state index >= 15 is 0 Å². The highest BCUT2D eigenvalue weighted by Crippen LogP contribution is 1.89. The lowest BCUT2D eigenvalue weighted by Gasteiger charge is -1.93. The largest absolute Gasteiger partial charge is 0.431 e. The van der Waals surface area contributed by atoms with Gasteiger partial charge < -0.3 is 4.80 Å². The van der Waals surface area contributed by atoms with Crippen molar-refractivity contribution in [3.05, 3.63) is 0 Å². The number of rotatable bonds is 2. The van der Waals surface area contributed by atoms with Crippen molar-refractivity contribution in [2.45, 2.75) is 25.9 Å². The van der Waals surface area contributed by atoms with Crippen molar-refractivity contribution >= 4 is 9.04 Å². The molecule has 0 unspecified atom stereocenters. The molecule has 0 spiro atoms. The molecule has 2 heteroatoms. The molecular weight excluding hydrogens is 92.1 g/mol. The van der Waals surface area contributed by atoms with Gasteiger partial charge in [-0.2, -0.15) is 0 Å². The topological polar surface area (TPSA) is 20.2 Å². The summed E-state index contributed by atoms with van der Waals surface area (Å²) >= 11 is 0. The van der Waals surface area contributed by atoms with E-state index < -0.39 is 9.04 Å². The highest BCUT2D eigenvalue weighted by Gasteiger charge is 1.96. The van der Waals surface area contributed by atoms with E-state index in [-0.39, 0.29) is 0 Å². The van der Waals surface area contributed by atoms with Gasteiger partial charge in [0.25, 0.3) is 0 Å². The molecular formula is C4H11OSi. The third-order valence-electron chi connectivity index (χ3n) is 0.816. The molecule has 1 radical (unpaired) electrons. The van der Waals surface area contributed by atoms with Gasteiger partial charge in [-0.15, -0.1) is 0 Å². The molecule has 0 amide bonds. The van der Waals surface area contributed by atoms with Gasteiger partial charge in [-0.05, 0) is 12.1 Å². The fraction of sp³-hybridized carbons (Fsp3) is 1.00. The Morgan fingerprint density at radius 1 is 1.33 bits per heavy atom. The molecule has 0 bridgehead atoms. The second-order valence-electron chi connectivity index (χ2n) is 1.27. The first-order valence-electron chi connectivity index (χ1n) is 2.34. The third kappa shape index (κ3) is 2.42. The molecule has 0 aromatic heterocycles. The average molecular weight is 103 g/mol. The lowest BCUT2D eigenvalue weighted by atomic mass is 11.0. The Balaban J connectivity index is 2.75. The van der Waals surface area contributed by atoms with Gasteiger partial charge >= 0.3 is 0 Å². The van der Waals surface area contributed by atoms with Crippen LogP contribution in [0.4, 0.5) is 0 Å². The standard InChI is InChI=1S/C4H11OSi/c1-3-6(5)4-2/h5H,3-4H2,1-2H3. The van der Waals surface area contributed by atoms with Crippen LogP contribution in [0.15, 0.2) is 0 Å². The molecule has 0 aromatic rings. The third-order valence-corrected chi connectivity index (χ3v) is 2.45. The molecule has 0 aromatic carbocycles. The predicted octanol–water partition coefficient (Wildman–Crippen LogP) is 1.01. The van der Waals surface area contributed by atoms with Gasteiger partial charge in [-0.1, -0.05) is 13.8 Å². The highest BCUT2D eigenvalue weighted by molar-refractivity contribution is 6.49. The molecule has 0 aliphatic carbocycles. The summed E-state index contributed by atoms with van der Waals surface area (Å²) in [7, 11) is -0.868. The van der Waals surface area contributed by atoms with Crippen molar-refractivity contribution < 1.29 is 4.80 Å². The first-order valence-corrected chi connectivity index (χ1v) is 4.21. The fourth-order valence-electron chi connectivity index (χ4n) is 0.250. The Labute approximate surface area is 40.7 Å². The maximum atomic E-state index is 8.77. The zero-order valence-corrected chi connectivity index (χ0v) is 5.36. The molecule has 0 saturated carbocycles. The summed E-state index contributed by atoms with van der Waals surface area (Å²) in [6.07, 6.45) is 0. The molecule has 0 rings (SSSR count). The molecule has 0 aliphatic heterocycles. The van der Waals surface area contributed by atoms with Crippen LogP contribution in [0.1, 0.15) is 13.8 Å². The summed E-state index contributed by atoms with van der Waals surface area (Å²) in [5.41, 5.74) is 0. The Morgan fingerprint density at radius 3 is 1.67 bits per heavy atom. The first-order chi connectivity index (χ1) is 2.81.